The van der Waals surface area contributed by atoms with Crippen molar-refractivity contribution in [2.24, 2.45) is 0 Å². The molecule has 2 aromatic carbocycles. The predicted molar refractivity (Wildman–Crippen MR) is 89.2 cm³/mol. The summed E-state index contributed by atoms with van der Waals surface area (Å²) in [7, 11) is 0. The third-order valence-electron chi connectivity index (χ3n) is 3.80. The number of para-hydroxylation sites is 1. The van der Waals surface area contributed by atoms with Gasteiger partial charge in [0.25, 0.3) is 0 Å². The third kappa shape index (κ3) is 2.44. The third-order valence-corrected chi connectivity index (χ3v) is 3.80. The van der Waals surface area contributed by atoms with Crippen molar-refractivity contribution < 1.29 is 4.52 Å². The number of rotatable bonds is 3. The van der Waals surface area contributed by atoms with Gasteiger partial charge in [0.05, 0.1) is 17.4 Å². The van der Waals surface area contributed by atoms with Crippen LogP contribution in [0.15, 0.2) is 77.6 Å². The topological polar surface area (TPSA) is 43.9 Å². The van der Waals surface area contributed by atoms with Gasteiger partial charge in [0, 0.05) is 17.3 Å². The van der Waals surface area contributed by atoms with E-state index in [0.717, 1.165) is 33.8 Å². The van der Waals surface area contributed by atoms with Crippen LogP contribution in [0, 0.1) is 6.92 Å². The lowest BCUT2D eigenvalue weighted by Crippen LogP contribution is -1.92. The monoisotopic (exact) mass is 301 g/mol. The van der Waals surface area contributed by atoms with E-state index in [1.54, 1.807) is 0 Å². The van der Waals surface area contributed by atoms with E-state index in [2.05, 4.69) is 10.3 Å². The van der Waals surface area contributed by atoms with Gasteiger partial charge in [0.1, 0.15) is 11.5 Å². The Kier molecular flexibility index (Phi) is 3.27. The van der Waals surface area contributed by atoms with Gasteiger partial charge in [0.15, 0.2) is 0 Å². The fourth-order valence-corrected chi connectivity index (χ4v) is 2.68. The summed E-state index contributed by atoms with van der Waals surface area (Å²) in [5.41, 5.74) is 4.88. The van der Waals surface area contributed by atoms with Gasteiger partial charge in [-0.15, -0.1) is 0 Å². The fourth-order valence-electron chi connectivity index (χ4n) is 2.68. The molecule has 0 unspecified atom stereocenters. The molecule has 4 rings (SSSR count). The summed E-state index contributed by atoms with van der Waals surface area (Å²) in [5.74, 6) is 0.788. The lowest BCUT2D eigenvalue weighted by atomic mass is 10.0. The number of benzene rings is 2. The Morgan fingerprint density at radius 2 is 1.57 bits per heavy atom. The average molecular weight is 301 g/mol. The number of hydrogen-bond donors (Lipinski definition) is 0. The van der Waals surface area contributed by atoms with E-state index in [0.29, 0.717) is 0 Å². The smallest absolute Gasteiger partial charge is 0.142 e. The summed E-state index contributed by atoms with van der Waals surface area (Å²) in [6.45, 7) is 1.93. The number of aromatic nitrogens is 3. The summed E-state index contributed by atoms with van der Waals surface area (Å²) in [5, 5.41) is 8.70. The molecule has 2 heterocycles. The molecule has 0 bridgehead atoms. The molecule has 0 aliphatic rings. The summed E-state index contributed by atoms with van der Waals surface area (Å²) in [6, 6.07) is 20.1. The second-order valence-corrected chi connectivity index (χ2v) is 5.34. The van der Waals surface area contributed by atoms with Crippen molar-refractivity contribution in [3.05, 3.63) is 78.8 Å². The number of nitrogens with zero attached hydrogens (tertiary/aromatic N) is 3. The van der Waals surface area contributed by atoms with Gasteiger partial charge in [-0.25, -0.2) is 4.68 Å². The molecule has 0 saturated carbocycles. The van der Waals surface area contributed by atoms with Crippen LogP contribution in [0.25, 0.3) is 28.1 Å². The molecule has 112 valence electrons. The summed E-state index contributed by atoms with van der Waals surface area (Å²) in [4.78, 5) is 0. The van der Waals surface area contributed by atoms with Crippen LogP contribution < -0.4 is 0 Å². The van der Waals surface area contributed by atoms with E-state index in [1.807, 2.05) is 84.7 Å². The van der Waals surface area contributed by atoms with Crippen LogP contribution in [-0.4, -0.2) is 14.9 Å². The first-order valence-corrected chi connectivity index (χ1v) is 7.45. The summed E-state index contributed by atoms with van der Waals surface area (Å²) in [6.07, 6.45) is 3.85. The molecule has 0 spiro atoms. The van der Waals surface area contributed by atoms with Gasteiger partial charge < -0.3 is 4.52 Å². The molecule has 23 heavy (non-hydrogen) atoms. The zero-order valence-corrected chi connectivity index (χ0v) is 12.7. The molecule has 0 atom stereocenters. The van der Waals surface area contributed by atoms with Gasteiger partial charge in [-0.1, -0.05) is 53.7 Å². The highest BCUT2D eigenvalue weighted by atomic mass is 16.5. The van der Waals surface area contributed by atoms with Crippen molar-refractivity contribution in [3.8, 4) is 28.1 Å². The Morgan fingerprint density at radius 1 is 0.870 bits per heavy atom. The van der Waals surface area contributed by atoms with Gasteiger partial charge in [-0.2, -0.15) is 5.10 Å². The maximum absolute atomic E-state index is 5.43. The molecule has 0 aliphatic carbocycles. The zero-order chi connectivity index (χ0) is 15.6. The molecule has 4 heteroatoms. The zero-order valence-electron chi connectivity index (χ0n) is 12.7. The van der Waals surface area contributed by atoms with Crippen LogP contribution in [0.2, 0.25) is 0 Å². The molecular weight excluding hydrogens is 286 g/mol. The lowest BCUT2D eigenvalue weighted by molar-refractivity contribution is 0.400. The molecule has 4 aromatic rings. The minimum Gasteiger partial charge on any atom is -0.360 e. The van der Waals surface area contributed by atoms with Crippen LogP contribution in [0.4, 0.5) is 0 Å². The highest BCUT2D eigenvalue weighted by Crippen LogP contribution is 2.34. The first-order chi connectivity index (χ1) is 11.3. The first-order valence-electron chi connectivity index (χ1n) is 7.45. The normalized spacial score (nSPS) is 10.8. The van der Waals surface area contributed by atoms with Crippen LogP contribution in [0.3, 0.4) is 0 Å². The molecule has 0 N–H and O–H groups in total. The van der Waals surface area contributed by atoms with Crippen LogP contribution in [-0.2, 0) is 0 Å². The highest BCUT2D eigenvalue weighted by molar-refractivity contribution is 5.81. The van der Waals surface area contributed by atoms with E-state index in [1.165, 1.54) is 0 Å². The lowest BCUT2D eigenvalue weighted by Gasteiger charge is -2.01. The van der Waals surface area contributed by atoms with Crippen molar-refractivity contribution in [2.45, 2.75) is 6.92 Å². The fraction of sp³-hybridized carbons (Fsp3) is 0.0526. The second kappa shape index (κ2) is 5.57. The molecular formula is C19H15N3O. The van der Waals surface area contributed by atoms with Crippen molar-refractivity contribution in [2.75, 3.05) is 0 Å². The maximum atomic E-state index is 5.43. The highest BCUT2D eigenvalue weighted by Gasteiger charge is 2.18. The van der Waals surface area contributed by atoms with Crippen molar-refractivity contribution >= 4 is 0 Å². The molecule has 0 saturated heterocycles. The SMILES string of the molecule is Cc1onc(-c2ccccc2)c1-c1cnn(-c2ccccc2)c1. The molecule has 2 aromatic heterocycles. The van der Waals surface area contributed by atoms with E-state index < -0.39 is 0 Å². The van der Waals surface area contributed by atoms with Gasteiger partial charge >= 0.3 is 0 Å². The van der Waals surface area contributed by atoms with Crippen molar-refractivity contribution in [1.29, 1.82) is 0 Å². The van der Waals surface area contributed by atoms with Gasteiger partial charge in [-0.3, -0.25) is 0 Å². The van der Waals surface area contributed by atoms with Crippen LogP contribution in [0.5, 0.6) is 0 Å². The van der Waals surface area contributed by atoms with Gasteiger partial charge in [-0.05, 0) is 19.1 Å². The Bertz CT molecular complexity index is 924. The molecule has 4 nitrogen and oxygen atoms in total. The number of aryl methyl sites for hydroxylation is 1. The Labute approximate surface area is 134 Å². The molecule has 0 aliphatic heterocycles. The first kappa shape index (κ1) is 13.5. The molecule has 0 amide bonds. The average Bonchev–Trinajstić information content (AvgIpc) is 3.23. The standard InChI is InChI=1S/C19H15N3O/c1-14-18(19(21-23-14)15-8-4-2-5-9-15)16-12-20-22(13-16)17-10-6-3-7-11-17/h2-13H,1H3. The van der Waals surface area contributed by atoms with Crippen molar-refractivity contribution in [1.82, 2.24) is 14.9 Å². The molecule has 0 radical (unpaired) electrons. The van der Waals surface area contributed by atoms with E-state index in [-0.39, 0.29) is 0 Å². The van der Waals surface area contributed by atoms with Crippen LogP contribution >= 0.6 is 0 Å². The second-order valence-electron chi connectivity index (χ2n) is 5.34. The Hall–Kier alpha value is -3.14. The summed E-state index contributed by atoms with van der Waals surface area (Å²) < 4.78 is 7.29. The minimum atomic E-state index is 0.788. The molecule has 0 fully saturated rings. The van der Waals surface area contributed by atoms with E-state index in [9.17, 15) is 0 Å². The summed E-state index contributed by atoms with van der Waals surface area (Å²) >= 11 is 0. The minimum absolute atomic E-state index is 0.788. The van der Waals surface area contributed by atoms with Gasteiger partial charge in [0.2, 0.25) is 0 Å². The predicted octanol–water partition coefficient (Wildman–Crippen LogP) is 4.50. The number of hydrogen-bond acceptors (Lipinski definition) is 3. The van der Waals surface area contributed by atoms with Crippen molar-refractivity contribution in [3.63, 3.8) is 0 Å². The Balaban J connectivity index is 1.81. The quantitative estimate of drug-likeness (QED) is 0.559. The van der Waals surface area contributed by atoms with E-state index >= 15 is 0 Å². The van der Waals surface area contributed by atoms with E-state index in [4.69, 9.17) is 4.52 Å². The Morgan fingerprint density at radius 3 is 2.30 bits per heavy atom. The van der Waals surface area contributed by atoms with Crippen LogP contribution in [0.1, 0.15) is 5.76 Å². The maximum Gasteiger partial charge on any atom is 0.142 e. The largest absolute Gasteiger partial charge is 0.360 e.